The normalized spacial score (nSPS) is 13.2. The van der Waals surface area contributed by atoms with E-state index in [-0.39, 0.29) is 12.0 Å². The predicted octanol–water partition coefficient (Wildman–Crippen LogP) is 2.22. The maximum Gasteiger partial charge on any atom is 0.416 e. The molecule has 0 saturated carbocycles. The van der Waals surface area contributed by atoms with Gasteiger partial charge in [-0.05, 0) is 11.6 Å². The lowest BCUT2D eigenvalue weighted by Gasteiger charge is -2.18. The minimum atomic E-state index is -4.54. The third-order valence-corrected chi connectivity index (χ3v) is 2.49. The predicted molar refractivity (Wildman–Crippen MR) is 59.7 cm³/mol. The molecule has 1 N–H and O–H groups in total. The van der Waals surface area contributed by atoms with Crippen LogP contribution in [0.1, 0.15) is 23.7 Å². The summed E-state index contributed by atoms with van der Waals surface area (Å²) >= 11 is 0. The molecule has 100 valence electrons. The molecule has 0 aromatic heterocycles. The molecule has 0 fully saturated rings. The van der Waals surface area contributed by atoms with Crippen LogP contribution in [0, 0.1) is 0 Å². The zero-order valence-corrected chi connectivity index (χ0v) is 10.0. The molecule has 0 spiro atoms. The van der Waals surface area contributed by atoms with E-state index in [2.05, 4.69) is 0 Å². The second-order valence-corrected chi connectivity index (χ2v) is 4.09. The van der Waals surface area contributed by atoms with Gasteiger partial charge < -0.3 is 10.0 Å². The molecule has 1 atom stereocenters. The number of hydrogen-bond acceptors (Lipinski definition) is 2. The molecular weight excluding hydrogens is 247 g/mol. The number of rotatable bonds is 3. The Bertz CT molecular complexity index is 430. The molecule has 0 radical (unpaired) electrons. The highest BCUT2D eigenvalue weighted by atomic mass is 19.4. The molecule has 0 heterocycles. The van der Waals surface area contributed by atoms with Crippen molar-refractivity contribution in [2.75, 3.05) is 14.1 Å². The van der Waals surface area contributed by atoms with Gasteiger partial charge in [-0.25, -0.2) is 0 Å². The van der Waals surface area contributed by atoms with Crippen molar-refractivity contribution in [1.29, 1.82) is 0 Å². The summed E-state index contributed by atoms with van der Waals surface area (Å²) in [5.74, 6) is -0.431. The molecule has 18 heavy (non-hydrogen) atoms. The molecule has 1 aromatic rings. The first kappa shape index (κ1) is 14.5. The van der Waals surface area contributed by atoms with Crippen LogP contribution >= 0.6 is 0 Å². The number of carbonyl (C=O) groups excluding carboxylic acids is 1. The zero-order chi connectivity index (χ0) is 13.9. The van der Waals surface area contributed by atoms with Gasteiger partial charge in [-0.2, -0.15) is 13.2 Å². The maximum atomic E-state index is 12.7. The number of halogens is 3. The third kappa shape index (κ3) is 3.46. The van der Waals surface area contributed by atoms with E-state index in [1.165, 1.54) is 37.2 Å². The van der Waals surface area contributed by atoms with Gasteiger partial charge in [-0.1, -0.05) is 18.2 Å². The number of amides is 1. The summed E-state index contributed by atoms with van der Waals surface area (Å²) in [6, 6.07) is 4.70. The van der Waals surface area contributed by atoms with Crippen LogP contribution in [-0.4, -0.2) is 30.0 Å². The van der Waals surface area contributed by atoms with E-state index in [0.717, 1.165) is 6.07 Å². The van der Waals surface area contributed by atoms with E-state index in [9.17, 15) is 23.1 Å². The topological polar surface area (TPSA) is 40.5 Å². The Morgan fingerprint density at radius 3 is 2.39 bits per heavy atom. The fourth-order valence-electron chi connectivity index (χ4n) is 1.50. The van der Waals surface area contributed by atoms with Gasteiger partial charge in [0.1, 0.15) is 0 Å². The van der Waals surface area contributed by atoms with Crippen molar-refractivity contribution in [3.63, 3.8) is 0 Å². The Labute approximate surface area is 103 Å². The summed E-state index contributed by atoms with van der Waals surface area (Å²) in [4.78, 5) is 12.6. The summed E-state index contributed by atoms with van der Waals surface area (Å²) in [5, 5.41) is 9.74. The van der Waals surface area contributed by atoms with E-state index in [4.69, 9.17) is 0 Å². The average molecular weight is 261 g/mol. The number of aliphatic hydroxyl groups excluding tert-OH is 1. The van der Waals surface area contributed by atoms with E-state index in [1.54, 1.807) is 0 Å². The summed E-state index contributed by atoms with van der Waals surface area (Å²) in [7, 11) is 2.95. The van der Waals surface area contributed by atoms with Crippen molar-refractivity contribution < 1.29 is 23.1 Å². The van der Waals surface area contributed by atoms with Crippen LogP contribution in [0.4, 0.5) is 13.2 Å². The molecule has 0 saturated heterocycles. The second-order valence-electron chi connectivity index (χ2n) is 4.09. The second kappa shape index (κ2) is 5.39. The molecule has 3 nitrogen and oxygen atoms in total. The lowest BCUT2D eigenvalue weighted by Crippen LogP contribution is -2.24. The van der Waals surface area contributed by atoms with Crippen LogP contribution in [0.3, 0.4) is 0 Å². The van der Waals surface area contributed by atoms with Crippen molar-refractivity contribution in [2.24, 2.45) is 0 Å². The minimum absolute atomic E-state index is 0.278. The quantitative estimate of drug-likeness (QED) is 0.906. The number of alkyl halides is 3. The zero-order valence-electron chi connectivity index (χ0n) is 10.0. The number of carbonyl (C=O) groups is 1. The molecular formula is C12H14F3NO2. The molecule has 1 amide bonds. The average Bonchev–Trinajstić information content (AvgIpc) is 2.27. The van der Waals surface area contributed by atoms with Gasteiger partial charge >= 0.3 is 6.18 Å². The summed E-state index contributed by atoms with van der Waals surface area (Å²) in [6.07, 6.45) is -6.38. The van der Waals surface area contributed by atoms with Crippen molar-refractivity contribution in [3.05, 3.63) is 35.4 Å². The van der Waals surface area contributed by atoms with Gasteiger partial charge in [0, 0.05) is 14.1 Å². The molecule has 0 aliphatic rings. The van der Waals surface area contributed by atoms with Crippen molar-refractivity contribution in [2.45, 2.75) is 18.7 Å². The lowest BCUT2D eigenvalue weighted by molar-refractivity contribution is -0.140. The first-order valence-electron chi connectivity index (χ1n) is 5.28. The number of aliphatic hydroxyl groups is 1. The molecule has 1 aromatic carbocycles. The number of nitrogens with zero attached hydrogens (tertiary/aromatic N) is 1. The van der Waals surface area contributed by atoms with E-state index in [0.29, 0.717) is 0 Å². The van der Waals surface area contributed by atoms with Crippen LogP contribution in [0.25, 0.3) is 0 Å². The number of hydrogen-bond donors (Lipinski definition) is 1. The standard InChI is InChI=1S/C12H14F3NO2/c1-16(2)11(18)7-10(17)8-5-3-4-6-9(8)12(13,14)15/h3-6,10,17H,7H2,1-2H3. The molecule has 1 rings (SSSR count). The fraction of sp³-hybridized carbons (Fsp3) is 0.417. The van der Waals surface area contributed by atoms with Crippen molar-refractivity contribution in [3.8, 4) is 0 Å². The van der Waals surface area contributed by atoms with Crippen LogP contribution in [-0.2, 0) is 11.0 Å². The van der Waals surface area contributed by atoms with Gasteiger partial charge in [0.05, 0.1) is 18.1 Å². The lowest BCUT2D eigenvalue weighted by atomic mass is 9.99. The van der Waals surface area contributed by atoms with Gasteiger partial charge in [-0.3, -0.25) is 4.79 Å². The molecule has 0 aliphatic carbocycles. The number of benzene rings is 1. The molecule has 0 aliphatic heterocycles. The minimum Gasteiger partial charge on any atom is -0.388 e. The van der Waals surface area contributed by atoms with Crippen LogP contribution in [0.2, 0.25) is 0 Å². The van der Waals surface area contributed by atoms with Crippen molar-refractivity contribution >= 4 is 5.91 Å². The van der Waals surface area contributed by atoms with Gasteiger partial charge in [0.2, 0.25) is 5.91 Å². The Morgan fingerprint density at radius 1 is 1.33 bits per heavy atom. The summed E-state index contributed by atoms with van der Waals surface area (Å²) < 4.78 is 38.1. The molecule has 0 bridgehead atoms. The van der Waals surface area contributed by atoms with Crippen LogP contribution < -0.4 is 0 Å². The fourth-order valence-corrected chi connectivity index (χ4v) is 1.50. The monoisotopic (exact) mass is 261 g/mol. The Morgan fingerprint density at radius 2 is 1.89 bits per heavy atom. The van der Waals surface area contributed by atoms with Gasteiger partial charge in [0.25, 0.3) is 0 Å². The smallest absolute Gasteiger partial charge is 0.388 e. The largest absolute Gasteiger partial charge is 0.416 e. The Balaban J connectivity index is 2.99. The van der Waals surface area contributed by atoms with Gasteiger partial charge in [-0.15, -0.1) is 0 Å². The maximum absolute atomic E-state index is 12.7. The Hall–Kier alpha value is -1.56. The molecule has 6 heteroatoms. The first-order chi connectivity index (χ1) is 8.23. The van der Waals surface area contributed by atoms with E-state index >= 15 is 0 Å². The highest BCUT2D eigenvalue weighted by molar-refractivity contribution is 5.76. The highest BCUT2D eigenvalue weighted by Crippen LogP contribution is 2.35. The van der Waals surface area contributed by atoms with E-state index < -0.39 is 23.8 Å². The summed E-state index contributed by atoms with van der Waals surface area (Å²) in [6.45, 7) is 0. The van der Waals surface area contributed by atoms with Crippen LogP contribution in [0.5, 0.6) is 0 Å². The van der Waals surface area contributed by atoms with Gasteiger partial charge in [0.15, 0.2) is 0 Å². The third-order valence-electron chi connectivity index (χ3n) is 2.49. The Kier molecular flexibility index (Phi) is 4.34. The first-order valence-corrected chi connectivity index (χ1v) is 5.28. The molecule has 1 unspecified atom stereocenters. The van der Waals surface area contributed by atoms with E-state index in [1.807, 2.05) is 0 Å². The highest BCUT2D eigenvalue weighted by Gasteiger charge is 2.35. The summed E-state index contributed by atoms with van der Waals surface area (Å²) in [5.41, 5.74) is -1.19. The SMILES string of the molecule is CN(C)C(=O)CC(O)c1ccccc1C(F)(F)F. The van der Waals surface area contributed by atoms with Crippen molar-refractivity contribution in [1.82, 2.24) is 4.90 Å². The van der Waals surface area contributed by atoms with Crippen LogP contribution in [0.15, 0.2) is 24.3 Å².